The molecule has 2 atom stereocenters. The molecule has 208 valence electrons. The Morgan fingerprint density at radius 3 is 2.33 bits per heavy atom. The SMILES string of the molecule is COc1cccc([C@H]2[C@@H](C(=O)N3CCN(c4cccc(C(F)(F)F)c4)CC3)c3ccccc3C(=O)N2C2CC2)c1. The molecule has 0 radical (unpaired) electrons. The number of halogens is 3. The quantitative estimate of drug-likeness (QED) is 0.422. The zero-order valence-corrected chi connectivity index (χ0v) is 22.1. The number of amides is 2. The van der Waals surface area contributed by atoms with Crippen molar-refractivity contribution in [1.29, 1.82) is 0 Å². The van der Waals surface area contributed by atoms with E-state index in [2.05, 4.69) is 0 Å². The van der Waals surface area contributed by atoms with E-state index in [1.54, 1.807) is 24.1 Å². The molecule has 3 aromatic carbocycles. The van der Waals surface area contributed by atoms with E-state index >= 15 is 0 Å². The first-order valence-electron chi connectivity index (χ1n) is 13.5. The van der Waals surface area contributed by atoms with Crippen molar-refractivity contribution in [2.45, 2.75) is 37.0 Å². The Labute approximate surface area is 230 Å². The van der Waals surface area contributed by atoms with E-state index in [1.807, 2.05) is 52.3 Å². The Morgan fingerprint density at radius 1 is 0.900 bits per heavy atom. The fraction of sp³-hybridized carbons (Fsp3) is 0.355. The van der Waals surface area contributed by atoms with Crippen molar-refractivity contribution in [3.63, 3.8) is 0 Å². The molecule has 1 saturated carbocycles. The van der Waals surface area contributed by atoms with Crippen LogP contribution in [-0.4, -0.2) is 60.9 Å². The summed E-state index contributed by atoms with van der Waals surface area (Å²) in [7, 11) is 1.59. The van der Waals surface area contributed by atoms with Crippen LogP contribution in [0.15, 0.2) is 72.8 Å². The summed E-state index contributed by atoms with van der Waals surface area (Å²) in [6.45, 7) is 1.57. The molecule has 0 bridgehead atoms. The van der Waals surface area contributed by atoms with Crippen molar-refractivity contribution in [2.75, 3.05) is 38.2 Å². The van der Waals surface area contributed by atoms with Crippen LogP contribution < -0.4 is 9.64 Å². The van der Waals surface area contributed by atoms with Gasteiger partial charge in [0.05, 0.1) is 24.6 Å². The molecule has 1 aliphatic carbocycles. The molecule has 2 aliphatic heterocycles. The van der Waals surface area contributed by atoms with Crippen LogP contribution in [0, 0.1) is 0 Å². The van der Waals surface area contributed by atoms with Gasteiger partial charge in [0.15, 0.2) is 0 Å². The topological polar surface area (TPSA) is 53.1 Å². The van der Waals surface area contributed by atoms with E-state index < -0.39 is 23.7 Å². The van der Waals surface area contributed by atoms with E-state index in [4.69, 9.17) is 4.74 Å². The number of anilines is 1. The maximum absolute atomic E-state index is 14.4. The monoisotopic (exact) mass is 549 g/mol. The Hall–Kier alpha value is -4.01. The second kappa shape index (κ2) is 10.2. The molecular weight excluding hydrogens is 519 g/mol. The van der Waals surface area contributed by atoms with Crippen LogP contribution in [0.25, 0.3) is 0 Å². The van der Waals surface area contributed by atoms with Crippen LogP contribution in [0.1, 0.15) is 51.8 Å². The number of carbonyl (C=O) groups excluding carboxylic acids is 2. The van der Waals surface area contributed by atoms with Crippen molar-refractivity contribution < 1.29 is 27.5 Å². The maximum Gasteiger partial charge on any atom is 0.416 e. The van der Waals surface area contributed by atoms with Crippen LogP contribution in [-0.2, 0) is 11.0 Å². The number of hydrogen-bond acceptors (Lipinski definition) is 4. The first-order chi connectivity index (χ1) is 19.3. The third-order valence-corrected chi connectivity index (χ3v) is 8.15. The average molecular weight is 550 g/mol. The molecule has 3 aromatic rings. The van der Waals surface area contributed by atoms with Crippen molar-refractivity contribution in [3.05, 3.63) is 95.1 Å². The third-order valence-electron chi connectivity index (χ3n) is 8.15. The second-order valence-electron chi connectivity index (χ2n) is 10.6. The van der Waals surface area contributed by atoms with E-state index in [-0.39, 0.29) is 17.9 Å². The zero-order chi connectivity index (χ0) is 28.0. The van der Waals surface area contributed by atoms with Crippen LogP contribution in [0.2, 0.25) is 0 Å². The zero-order valence-electron chi connectivity index (χ0n) is 22.1. The number of methoxy groups -OCH3 is 1. The van der Waals surface area contributed by atoms with Gasteiger partial charge in [-0.25, -0.2) is 0 Å². The Bertz CT molecular complexity index is 1430. The number of fused-ring (bicyclic) bond motifs is 1. The van der Waals surface area contributed by atoms with Gasteiger partial charge in [0, 0.05) is 43.5 Å². The minimum absolute atomic E-state index is 0.0654. The highest BCUT2D eigenvalue weighted by atomic mass is 19.4. The molecule has 6 rings (SSSR count). The Balaban J connectivity index is 1.32. The third kappa shape index (κ3) is 4.78. The summed E-state index contributed by atoms with van der Waals surface area (Å²) in [5, 5.41) is 0. The smallest absolute Gasteiger partial charge is 0.416 e. The summed E-state index contributed by atoms with van der Waals surface area (Å²) in [5.74, 6) is -0.103. The van der Waals surface area contributed by atoms with E-state index in [9.17, 15) is 22.8 Å². The molecule has 6 nitrogen and oxygen atoms in total. The van der Waals surface area contributed by atoms with Crippen molar-refractivity contribution in [1.82, 2.24) is 9.80 Å². The van der Waals surface area contributed by atoms with Crippen molar-refractivity contribution >= 4 is 17.5 Å². The molecule has 0 unspecified atom stereocenters. The molecule has 2 amide bonds. The summed E-state index contributed by atoms with van der Waals surface area (Å²) in [5.41, 5.74) is 1.91. The van der Waals surface area contributed by atoms with E-state index in [0.29, 0.717) is 48.7 Å². The highest BCUT2D eigenvalue weighted by molar-refractivity contribution is 6.01. The standard InChI is InChI=1S/C31H30F3N3O3/c1-40-24-9-4-6-20(18-24)28-27(25-10-2-3-11-26(25)29(38)37(28)22-12-13-22)30(39)36-16-14-35(15-17-36)23-8-5-7-21(19-23)31(32,33)34/h2-11,18-19,22,27-28H,12-17H2,1H3/t27-,28-/m0/s1. The lowest BCUT2D eigenvalue weighted by Gasteiger charge is -2.45. The number of hydrogen-bond donors (Lipinski definition) is 0. The first-order valence-corrected chi connectivity index (χ1v) is 13.5. The molecule has 3 aliphatic rings. The molecule has 0 N–H and O–H groups in total. The molecule has 2 fully saturated rings. The summed E-state index contributed by atoms with van der Waals surface area (Å²) >= 11 is 0. The highest BCUT2D eigenvalue weighted by Crippen LogP contribution is 2.48. The number of piperazine rings is 1. The van der Waals surface area contributed by atoms with Gasteiger partial charge in [0.25, 0.3) is 5.91 Å². The van der Waals surface area contributed by atoms with Crippen LogP contribution in [0.4, 0.5) is 18.9 Å². The number of rotatable bonds is 5. The minimum Gasteiger partial charge on any atom is -0.497 e. The summed E-state index contributed by atoms with van der Waals surface area (Å²) < 4.78 is 45.3. The minimum atomic E-state index is -4.41. The van der Waals surface area contributed by atoms with Crippen LogP contribution in [0.3, 0.4) is 0 Å². The van der Waals surface area contributed by atoms with Gasteiger partial charge in [0.2, 0.25) is 5.91 Å². The van der Waals surface area contributed by atoms with Gasteiger partial charge in [-0.2, -0.15) is 13.2 Å². The van der Waals surface area contributed by atoms with E-state index in [0.717, 1.165) is 30.5 Å². The first kappa shape index (κ1) is 26.2. The predicted molar refractivity (Wildman–Crippen MR) is 144 cm³/mol. The van der Waals surface area contributed by atoms with Crippen LogP contribution >= 0.6 is 0 Å². The average Bonchev–Trinajstić information content (AvgIpc) is 3.82. The fourth-order valence-electron chi connectivity index (χ4n) is 6.01. The van der Waals surface area contributed by atoms with Gasteiger partial charge >= 0.3 is 6.18 Å². The normalized spacial score (nSPS) is 21.3. The van der Waals surface area contributed by atoms with Crippen molar-refractivity contribution in [2.24, 2.45) is 0 Å². The van der Waals surface area contributed by atoms with Gasteiger partial charge in [-0.1, -0.05) is 36.4 Å². The van der Waals surface area contributed by atoms with Gasteiger partial charge in [-0.05, 0) is 60.4 Å². The van der Waals surface area contributed by atoms with E-state index in [1.165, 1.54) is 6.07 Å². The van der Waals surface area contributed by atoms with Gasteiger partial charge in [-0.15, -0.1) is 0 Å². The lowest BCUT2D eigenvalue weighted by Crippen LogP contribution is -2.53. The largest absolute Gasteiger partial charge is 0.497 e. The molecule has 1 saturated heterocycles. The predicted octanol–water partition coefficient (Wildman–Crippen LogP) is 5.51. The second-order valence-corrected chi connectivity index (χ2v) is 10.6. The summed E-state index contributed by atoms with van der Waals surface area (Å²) in [6.07, 6.45) is -2.63. The highest BCUT2D eigenvalue weighted by Gasteiger charge is 2.50. The van der Waals surface area contributed by atoms with Crippen LogP contribution in [0.5, 0.6) is 5.75 Å². The number of carbonyl (C=O) groups is 2. The maximum atomic E-state index is 14.4. The summed E-state index contributed by atoms with van der Waals surface area (Å²) in [4.78, 5) is 33.7. The Morgan fingerprint density at radius 2 is 1.62 bits per heavy atom. The molecular formula is C31H30F3N3O3. The number of nitrogens with zero attached hydrogens (tertiary/aromatic N) is 3. The number of ether oxygens (including phenoxy) is 1. The van der Waals surface area contributed by atoms with Gasteiger partial charge in [0.1, 0.15) is 5.75 Å². The molecule has 0 aromatic heterocycles. The van der Waals surface area contributed by atoms with Gasteiger partial charge in [-0.3, -0.25) is 9.59 Å². The van der Waals surface area contributed by atoms with Gasteiger partial charge < -0.3 is 19.4 Å². The number of alkyl halides is 3. The molecule has 9 heteroatoms. The lowest BCUT2D eigenvalue weighted by molar-refractivity contribution is -0.137. The summed E-state index contributed by atoms with van der Waals surface area (Å²) in [6, 6.07) is 19.8. The molecule has 40 heavy (non-hydrogen) atoms. The lowest BCUT2D eigenvalue weighted by atomic mass is 9.78. The Kier molecular flexibility index (Phi) is 6.68. The molecule has 0 spiro atoms. The number of benzene rings is 3. The molecule has 2 heterocycles. The van der Waals surface area contributed by atoms with Crippen molar-refractivity contribution in [3.8, 4) is 5.75 Å². The fourth-order valence-corrected chi connectivity index (χ4v) is 6.01.